The lowest BCUT2D eigenvalue weighted by atomic mass is 10.2. The summed E-state index contributed by atoms with van der Waals surface area (Å²) in [5.41, 5.74) is 0. The van der Waals surface area contributed by atoms with Gasteiger partial charge in [-0.2, -0.15) is 0 Å². The van der Waals surface area contributed by atoms with Gasteiger partial charge in [0.05, 0.1) is 11.4 Å². The number of carbonyl (C=O) groups excluding carboxylic acids is 1. The van der Waals surface area contributed by atoms with Crippen molar-refractivity contribution in [1.29, 1.82) is 0 Å². The van der Waals surface area contributed by atoms with Crippen LogP contribution in [0.2, 0.25) is 0 Å². The van der Waals surface area contributed by atoms with Crippen molar-refractivity contribution >= 4 is 17.1 Å². The molecule has 1 rings (SSSR count). The first-order chi connectivity index (χ1) is 6.24. The number of Topliss-reactive ketones (excluding diaryl/α,β-unsaturated/α-hetero) is 1. The normalized spacial score (nSPS) is 12.8. The first-order valence-corrected chi connectivity index (χ1v) is 5.14. The number of ether oxygens (including phenoxy) is 1. The lowest BCUT2D eigenvalue weighted by Gasteiger charge is -2.08. The van der Waals surface area contributed by atoms with Gasteiger partial charge in [0.25, 0.3) is 0 Å². The molecule has 0 aliphatic rings. The zero-order valence-corrected chi connectivity index (χ0v) is 8.63. The molecule has 0 aromatic carbocycles. The summed E-state index contributed by atoms with van der Waals surface area (Å²) in [6.45, 7) is 4.23. The highest BCUT2D eigenvalue weighted by atomic mass is 32.1. The van der Waals surface area contributed by atoms with Gasteiger partial charge < -0.3 is 4.74 Å². The fourth-order valence-corrected chi connectivity index (χ4v) is 1.60. The maximum atomic E-state index is 11.4. The van der Waals surface area contributed by atoms with Gasteiger partial charge >= 0.3 is 0 Å². The molecule has 72 valence electrons. The predicted octanol–water partition coefficient (Wildman–Crippen LogP) is 1.68. The number of hydrogen-bond acceptors (Lipinski definition) is 4. The monoisotopic (exact) mass is 199 g/mol. The molecule has 1 unspecified atom stereocenters. The molecule has 1 atom stereocenters. The molecular formula is C9H13NO2S. The largest absolute Gasteiger partial charge is 0.371 e. The third kappa shape index (κ3) is 3.24. The van der Waals surface area contributed by atoms with Crippen molar-refractivity contribution in [3.05, 3.63) is 16.6 Å². The molecule has 0 aliphatic heterocycles. The Bertz CT molecular complexity index is 259. The van der Waals surface area contributed by atoms with Gasteiger partial charge in [0.1, 0.15) is 6.10 Å². The molecule has 0 N–H and O–H groups in total. The number of aromatic nitrogens is 1. The van der Waals surface area contributed by atoms with Crippen LogP contribution < -0.4 is 0 Å². The van der Waals surface area contributed by atoms with Crippen LogP contribution in [-0.2, 0) is 16.0 Å². The topological polar surface area (TPSA) is 39.2 Å². The summed E-state index contributed by atoms with van der Waals surface area (Å²) in [6, 6.07) is 0. The third-order valence-corrected chi connectivity index (χ3v) is 2.46. The van der Waals surface area contributed by atoms with Crippen LogP contribution in [0, 0.1) is 0 Å². The van der Waals surface area contributed by atoms with Gasteiger partial charge in [-0.1, -0.05) is 0 Å². The molecule has 0 bridgehead atoms. The molecule has 0 saturated heterocycles. The smallest absolute Gasteiger partial charge is 0.168 e. The van der Waals surface area contributed by atoms with Gasteiger partial charge in [0.2, 0.25) is 0 Å². The summed E-state index contributed by atoms with van der Waals surface area (Å²) in [5, 5.41) is 2.73. The maximum Gasteiger partial charge on any atom is 0.168 e. The fourth-order valence-electron chi connectivity index (χ4n) is 0.976. The van der Waals surface area contributed by atoms with Crippen LogP contribution in [0.15, 0.2) is 11.6 Å². The van der Waals surface area contributed by atoms with Crippen molar-refractivity contribution in [3.63, 3.8) is 0 Å². The Balaban J connectivity index is 2.41. The molecule has 0 saturated carbocycles. The second kappa shape index (κ2) is 5.09. The molecule has 1 heterocycles. The van der Waals surface area contributed by atoms with E-state index in [0.29, 0.717) is 13.0 Å². The van der Waals surface area contributed by atoms with Crippen molar-refractivity contribution < 1.29 is 9.53 Å². The highest BCUT2D eigenvalue weighted by molar-refractivity contribution is 7.09. The van der Waals surface area contributed by atoms with E-state index in [0.717, 1.165) is 5.01 Å². The highest BCUT2D eigenvalue weighted by Crippen LogP contribution is 2.07. The SMILES string of the molecule is CCOC(C)C(=O)Cc1nccs1. The second-order valence-electron chi connectivity index (χ2n) is 2.67. The van der Waals surface area contributed by atoms with E-state index in [9.17, 15) is 4.79 Å². The van der Waals surface area contributed by atoms with Crippen molar-refractivity contribution in [3.8, 4) is 0 Å². The number of thiazole rings is 1. The zero-order chi connectivity index (χ0) is 9.68. The standard InChI is InChI=1S/C9H13NO2S/c1-3-12-7(2)8(11)6-9-10-4-5-13-9/h4-5,7H,3,6H2,1-2H3. The van der Waals surface area contributed by atoms with E-state index in [1.165, 1.54) is 11.3 Å². The number of carbonyl (C=O) groups is 1. The summed E-state index contributed by atoms with van der Waals surface area (Å²) in [7, 11) is 0. The fraction of sp³-hybridized carbons (Fsp3) is 0.556. The Hall–Kier alpha value is -0.740. The van der Waals surface area contributed by atoms with E-state index < -0.39 is 0 Å². The number of nitrogens with zero attached hydrogens (tertiary/aromatic N) is 1. The van der Waals surface area contributed by atoms with Crippen LogP contribution in [0.3, 0.4) is 0 Å². The minimum absolute atomic E-state index is 0.0943. The van der Waals surface area contributed by atoms with Crippen molar-refractivity contribution in [2.45, 2.75) is 26.4 Å². The lowest BCUT2D eigenvalue weighted by Crippen LogP contribution is -2.22. The molecule has 0 fully saturated rings. The van der Waals surface area contributed by atoms with Gasteiger partial charge in [-0.3, -0.25) is 4.79 Å². The number of ketones is 1. The number of rotatable bonds is 5. The van der Waals surface area contributed by atoms with Crippen LogP contribution in [-0.4, -0.2) is 23.5 Å². The summed E-state index contributed by atoms with van der Waals surface area (Å²) in [6.07, 6.45) is 1.78. The van der Waals surface area contributed by atoms with Crippen LogP contribution in [0.5, 0.6) is 0 Å². The van der Waals surface area contributed by atoms with E-state index in [1.54, 1.807) is 13.1 Å². The lowest BCUT2D eigenvalue weighted by molar-refractivity contribution is -0.128. The first-order valence-electron chi connectivity index (χ1n) is 4.26. The van der Waals surface area contributed by atoms with E-state index in [2.05, 4.69) is 4.98 Å². The first kappa shape index (κ1) is 10.3. The molecule has 0 amide bonds. The van der Waals surface area contributed by atoms with Gasteiger partial charge in [0.15, 0.2) is 5.78 Å². The average Bonchev–Trinajstić information content (AvgIpc) is 2.57. The van der Waals surface area contributed by atoms with Crippen LogP contribution in [0.4, 0.5) is 0 Å². The predicted molar refractivity (Wildman–Crippen MR) is 51.9 cm³/mol. The van der Waals surface area contributed by atoms with Gasteiger partial charge in [-0.15, -0.1) is 11.3 Å². The number of hydrogen-bond donors (Lipinski definition) is 0. The van der Waals surface area contributed by atoms with Crippen LogP contribution >= 0.6 is 11.3 Å². The molecule has 0 aliphatic carbocycles. The minimum Gasteiger partial charge on any atom is -0.371 e. The van der Waals surface area contributed by atoms with E-state index >= 15 is 0 Å². The summed E-state index contributed by atoms with van der Waals surface area (Å²) in [5.74, 6) is 0.0943. The molecule has 4 heteroatoms. The maximum absolute atomic E-state index is 11.4. The van der Waals surface area contributed by atoms with Gasteiger partial charge in [-0.25, -0.2) is 4.98 Å². The quantitative estimate of drug-likeness (QED) is 0.724. The molecule has 0 spiro atoms. The van der Waals surface area contributed by atoms with Crippen LogP contribution in [0.25, 0.3) is 0 Å². The molecule has 0 radical (unpaired) electrons. The van der Waals surface area contributed by atoms with Gasteiger partial charge in [0, 0.05) is 18.2 Å². The Morgan fingerprint density at radius 2 is 2.54 bits per heavy atom. The molecular weight excluding hydrogens is 186 g/mol. The van der Waals surface area contributed by atoms with Crippen LogP contribution in [0.1, 0.15) is 18.9 Å². The Morgan fingerprint density at radius 1 is 1.77 bits per heavy atom. The Morgan fingerprint density at radius 3 is 3.08 bits per heavy atom. The summed E-state index contributed by atoms with van der Waals surface area (Å²) >= 11 is 1.50. The minimum atomic E-state index is -0.311. The molecule has 3 nitrogen and oxygen atoms in total. The zero-order valence-electron chi connectivity index (χ0n) is 7.82. The van der Waals surface area contributed by atoms with Crippen molar-refractivity contribution in [1.82, 2.24) is 4.98 Å². The molecule has 13 heavy (non-hydrogen) atoms. The summed E-state index contributed by atoms with van der Waals surface area (Å²) < 4.78 is 5.18. The Labute approximate surface area is 81.8 Å². The van der Waals surface area contributed by atoms with E-state index in [1.807, 2.05) is 12.3 Å². The molecule has 1 aromatic rings. The van der Waals surface area contributed by atoms with E-state index in [4.69, 9.17) is 4.74 Å². The average molecular weight is 199 g/mol. The second-order valence-corrected chi connectivity index (χ2v) is 3.65. The van der Waals surface area contributed by atoms with Crippen molar-refractivity contribution in [2.24, 2.45) is 0 Å². The van der Waals surface area contributed by atoms with Gasteiger partial charge in [-0.05, 0) is 13.8 Å². The highest BCUT2D eigenvalue weighted by Gasteiger charge is 2.13. The van der Waals surface area contributed by atoms with E-state index in [-0.39, 0.29) is 11.9 Å². The van der Waals surface area contributed by atoms with Crippen molar-refractivity contribution in [2.75, 3.05) is 6.61 Å². The molecule has 1 aromatic heterocycles. The summed E-state index contributed by atoms with van der Waals surface area (Å²) in [4.78, 5) is 15.5. The third-order valence-electron chi connectivity index (χ3n) is 1.68. The Kier molecular flexibility index (Phi) is 4.05.